The lowest BCUT2D eigenvalue weighted by Gasteiger charge is -2.22. The lowest BCUT2D eigenvalue weighted by Crippen LogP contribution is -2.44. The van der Waals surface area contributed by atoms with E-state index in [0.29, 0.717) is 10.8 Å². The minimum atomic E-state index is 0.511. The quantitative estimate of drug-likeness (QED) is 0.531. The number of aromatic nitrogens is 1. The Labute approximate surface area is 158 Å². The number of rotatable bonds is 5. The Morgan fingerprint density at radius 2 is 1.77 bits per heavy atom. The van der Waals surface area contributed by atoms with Crippen LogP contribution in [-0.4, -0.2) is 24.3 Å². The molecule has 26 heavy (non-hydrogen) atoms. The van der Waals surface area contributed by atoms with Crippen molar-refractivity contribution in [3.63, 3.8) is 0 Å². The van der Waals surface area contributed by atoms with Gasteiger partial charge in [0.05, 0.1) is 24.0 Å². The van der Waals surface area contributed by atoms with Crippen LogP contribution in [0.4, 0.5) is 5.69 Å². The molecule has 1 aromatic heterocycles. The monoisotopic (exact) mass is 364 g/mol. The zero-order valence-electron chi connectivity index (χ0n) is 14.7. The van der Waals surface area contributed by atoms with Crippen molar-refractivity contribution in [2.24, 2.45) is 0 Å². The molecule has 6 heteroatoms. The number of hydrazine groups is 1. The molecular weight excluding hydrogens is 344 g/mol. The van der Waals surface area contributed by atoms with Gasteiger partial charge in [-0.1, -0.05) is 30.8 Å². The third-order valence-corrected chi connectivity index (χ3v) is 4.37. The maximum atomic E-state index is 5.42. The highest BCUT2D eigenvalue weighted by Crippen LogP contribution is 2.18. The van der Waals surface area contributed by atoms with Gasteiger partial charge in [-0.05, 0) is 48.6 Å². The number of methoxy groups -OCH3 is 1. The first-order chi connectivity index (χ1) is 12.6. The second-order valence-electron chi connectivity index (χ2n) is 5.68. The van der Waals surface area contributed by atoms with Crippen LogP contribution < -0.4 is 20.5 Å². The molecule has 2 aromatic carbocycles. The zero-order valence-corrected chi connectivity index (χ0v) is 15.5. The summed E-state index contributed by atoms with van der Waals surface area (Å²) in [6.45, 7) is 4.03. The van der Waals surface area contributed by atoms with E-state index < -0.39 is 0 Å². The van der Waals surface area contributed by atoms with Crippen LogP contribution in [-0.2, 0) is 0 Å². The number of ether oxygens (including phenoxy) is 1. The molecule has 0 atom stereocenters. The molecule has 2 N–H and O–H groups in total. The first-order valence-corrected chi connectivity index (χ1v) is 8.48. The summed E-state index contributed by atoms with van der Waals surface area (Å²) in [5, 5.41) is 1.60. The Bertz CT molecular complexity index is 940. The van der Waals surface area contributed by atoms with E-state index in [-0.39, 0.29) is 0 Å². The number of fused-ring (bicyclic) bond motifs is 1. The average Bonchev–Trinajstić information content (AvgIpc) is 2.70. The standard InChI is InChI=1S/C20H20N4OS/c1-14(18-13-8-15-6-4-5-7-19(15)21-18)22-23-20(26)24(2)16-9-11-17(25-3)12-10-16/h4-13,22H,1H2,2-3H3,(H,23,26). The van der Waals surface area contributed by atoms with Gasteiger partial charge in [-0.15, -0.1) is 0 Å². The van der Waals surface area contributed by atoms with Crippen LogP contribution in [0.2, 0.25) is 0 Å². The molecule has 0 amide bonds. The highest BCUT2D eigenvalue weighted by molar-refractivity contribution is 7.80. The van der Waals surface area contributed by atoms with E-state index in [2.05, 4.69) is 22.4 Å². The van der Waals surface area contributed by atoms with E-state index in [1.807, 2.05) is 72.6 Å². The molecule has 0 aliphatic carbocycles. The molecule has 0 spiro atoms. The Morgan fingerprint density at radius 3 is 2.50 bits per heavy atom. The minimum absolute atomic E-state index is 0.511. The van der Waals surface area contributed by atoms with Crippen molar-refractivity contribution in [2.75, 3.05) is 19.1 Å². The Kier molecular flexibility index (Phi) is 5.34. The number of hydrogen-bond donors (Lipinski definition) is 2. The number of nitrogens with one attached hydrogen (secondary N) is 2. The predicted molar refractivity (Wildman–Crippen MR) is 111 cm³/mol. The fraction of sp³-hybridized carbons (Fsp3) is 0.100. The first-order valence-electron chi connectivity index (χ1n) is 8.07. The topological polar surface area (TPSA) is 49.4 Å². The molecule has 0 saturated heterocycles. The third-order valence-electron chi connectivity index (χ3n) is 3.99. The summed E-state index contributed by atoms with van der Waals surface area (Å²) in [7, 11) is 3.52. The SMILES string of the molecule is C=C(NNC(=S)N(C)c1ccc(OC)cc1)c1ccc2ccccc2n1. The fourth-order valence-electron chi connectivity index (χ4n) is 2.43. The van der Waals surface area contributed by atoms with Crippen molar-refractivity contribution in [1.82, 2.24) is 15.8 Å². The van der Waals surface area contributed by atoms with Gasteiger partial charge in [0, 0.05) is 18.1 Å². The molecule has 0 bridgehead atoms. The molecule has 0 fully saturated rings. The number of thiocarbonyl (C=S) groups is 1. The average molecular weight is 364 g/mol. The van der Waals surface area contributed by atoms with Gasteiger partial charge >= 0.3 is 0 Å². The molecule has 132 valence electrons. The van der Waals surface area contributed by atoms with Crippen LogP contribution in [0.3, 0.4) is 0 Å². The van der Waals surface area contributed by atoms with Gasteiger partial charge in [0.2, 0.25) is 0 Å². The summed E-state index contributed by atoms with van der Waals surface area (Å²) < 4.78 is 5.17. The van der Waals surface area contributed by atoms with Gasteiger partial charge in [0.15, 0.2) is 5.11 Å². The second-order valence-corrected chi connectivity index (χ2v) is 6.07. The molecule has 0 aliphatic heterocycles. The fourth-order valence-corrected chi connectivity index (χ4v) is 2.59. The van der Waals surface area contributed by atoms with Crippen molar-refractivity contribution in [1.29, 1.82) is 0 Å². The van der Waals surface area contributed by atoms with Gasteiger partial charge in [-0.25, -0.2) is 4.98 Å². The van der Waals surface area contributed by atoms with E-state index in [0.717, 1.165) is 28.0 Å². The number of anilines is 1. The summed E-state index contributed by atoms with van der Waals surface area (Å²) in [6.07, 6.45) is 0. The number of pyridine rings is 1. The highest BCUT2D eigenvalue weighted by Gasteiger charge is 2.08. The van der Waals surface area contributed by atoms with Crippen molar-refractivity contribution >= 4 is 39.6 Å². The van der Waals surface area contributed by atoms with E-state index in [1.54, 1.807) is 7.11 Å². The molecule has 0 unspecified atom stereocenters. The summed E-state index contributed by atoms with van der Waals surface area (Å²) in [4.78, 5) is 6.45. The predicted octanol–water partition coefficient (Wildman–Crippen LogP) is 3.73. The maximum absolute atomic E-state index is 5.42. The van der Waals surface area contributed by atoms with E-state index >= 15 is 0 Å². The van der Waals surface area contributed by atoms with Crippen molar-refractivity contribution in [2.45, 2.75) is 0 Å². The van der Waals surface area contributed by atoms with Gasteiger partial charge in [0.1, 0.15) is 5.75 Å². The van der Waals surface area contributed by atoms with Crippen molar-refractivity contribution in [3.05, 3.63) is 72.9 Å². The number of benzene rings is 2. The number of para-hydroxylation sites is 1. The number of hydrogen-bond acceptors (Lipinski definition) is 4. The molecule has 3 aromatic rings. The van der Waals surface area contributed by atoms with Gasteiger partial charge < -0.3 is 9.64 Å². The lowest BCUT2D eigenvalue weighted by atomic mass is 10.2. The van der Waals surface area contributed by atoms with Gasteiger partial charge in [-0.2, -0.15) is 0 Å². The van der Waals surface area contributed by atoms with E-state index in [9.17, 15) is 0 Å². The van der Waals surface area contributed by atoms with Crippen LogP contribution in [0.15, 0.2) is 67.2 Å². The summed E-state index contributed by atoms with van der Waals surface area (Å²) in [6, 6.07) is 19.6. The van der Waals surface area contributed by atoms with Crippen LogP contribution in [0.5, 0.6) is 5.75 Å². The molecule has 0 radical (unpaired) electrons. The Morgan fingerprint density at radius 1 is 1.04 bits per heavy atom. The summed E-state index contributed by atoms with van der Waals surface area (Å²) in [5.74, 6) is 0.801. The van der Waals surface area contributed by atoms with E-state index in [4.69, 9.17) is 17.0 Å². The third kappa shape index (κ3) is 3.92. The van der Waals surface area contributed by atoms with Crippen LogP contribution >= 0.6 is 12.2 Å². The Balaban J connectivity index is 1.62. The normalized spacial score (nSPS) is 10.2. The smallest absolute Gasteiger partial charge is 0.192 e. The van der Waals surface area contributed by atoms with Gasteiger partial charge in [0.25, 0.3) is 0 Å². The molecule has 1 heterocycles. The zero-order chi connectivity index (χ0) is 18.5. The Hall–Kier alpha value is -3.12. The first kappa shape index (κ1) is 17.7. The second kappa shape index (κ2) is 7.84. The summed E-state index contributed by atoms with van der Waals surface area (Å²) >= 11 is 5.42. The molecule has 0 saturated carbocycles. The van der Waals surface area contributed by atoms with Crippen LogP contribution in [0, 0.1) is 0 Å². The number of nitrogens with zero attached hydrogens (tertiary/aromatic N) is 2. The maximum Gasteiger partial charge on any atom is 0.192 e. The van der Waals surface area contributed by atoms with Crippen molar-refractivity contribution < 1.29 is 4.74 Å². The van der Waals surface area contributed by atoms with Gasteiger partial charge in [-0.3, -0.25) is 10.9 Å². The van der Waals surface area contributed by atoms with Crippen molar-refractivity contribution in [3.8, 4) is 5.75 Å². The molecule has 3 rings (SSSR count). The summed E-state index contributed by atoms with van der Waals surface area (Å²) in [5.41, 5.74) is 9.28. The van der Waals surface area contributed by atoms with E-state index in [1.165, 1.54) is 0 Å². The molecular formula is C20H20N4OS. The molecule has 5 nitrogen and oxygen atoms in total. The minimum Gasteiger partial charge on any atom is -0.497 e. The highest BCUT2D eigenvalue weighted by atomic mass is 32.1. The lowest BCUT2D eigenvalue weighted by molar-refractivity contribution is 0.415. The van der Waals surface area contributed by atoms with Crippen LogP contribution in [0.25, 0.3) is 16.6 Å². The van der Waals surface area contributed by atoms with Crippen LogP contribution in [0.1, 0.15) is 5.69 Å². The molecule has 0 aliphatic rings. The largest absolute Gasteiger partial charge is 0.497 e.